The Balaban J connectivity index is 2.61. The number of hydrogen-bond acceptors (Lipinski definition) is 4. The summed E-state index contributed by atoms with van der Waals surface area (Å²) in [6.07, 6.45) is 3.72. The minimum Gasteiger partial charge on any atom is -0.477 e. The van der Waals surface area contributed by atoms with Crippen LogP contribution in [0.15, 0.2) is 39.6 Å². The molecule has 0 aliphatic rings. The third-order valence-electron chi connectivity index (χ3n) is 2.40. The van der Waals surface area contributed by atoms with E-state index in [1.807, 2.05) is 12.2 Å². The normalized spacial score (nSPS) is 11.2. The van der Waals surface area contributed by atoms with Crippen LogP contribution in [0.25, 0.3) is 17.0 Å². The van der Waals surface area contributed by atoms with Crippen LogP contribution in [0.5, 0.6) is 0 Å². The molecule has 1 heterocycles. The summed E-state index contributed by atoms with van der Waals surface area (Å²) < 4.78 is 4.94. The van der Waals surface area contributed by atoms with Gasteiger partial charge in [-0.15, -0.1) is 0 Å². The van der Waals surface area contributed by atoms with Crippen LogP contribution in [0.1, 0.15) is 15.9 Å². The molecule has 2 aromatic rings. The number of benzene rings is 1. The lowest BCUT2D eigenvalue weighted by molar-refractivity contribution is 0.0692. The van der Waals surface area contributed by atoms with Crippen LogP contribution in [0, 0.1) is 0 Å². The van der Waals surface area contributed by atoms with Crippen LogP contribution in [-0.4, -0.2) is 16.8 Å². The second-order valence-electron chi connectivity index (χ2n) is 3.63. The largest absolute Gasteiger partial charge is 0.477 e. The van der Waals surface area contributed by atoms with Gasteiger partial charge < -0.3 is 9.52 Å². The number of carboxylic acid groups (broad SMARTS) is 1. The van der Waals surface area contributed by atoms with Crippen LogP contribution in [0.4, 0.5) is 0 Å². The third-order valence-corrected chi connectivity index (χ3v) is 2.61. The van der Waals surface area contributed by atoms with Gasteiger partial charge >= 0.3 is 11.6 Å². The summed E-state index contributed by atoms with van der Waals surface area (Å²) in [5, 5.41) is 9.43. The van der Waals surface area contributed by atoms with Crippen LogP contribution in [0.3, 0.4) is 0 Å². The molecular formula is C13H10O4S. The number of hydrogen-bond donors (Lipinski definition) is 2. The molecule has 0 aliphatic heterocycles. The molecule has 92 valence electrons. The molecule has 18 heavy (non-hydrogen) atoms. The van der Waals surface area contributed by atoms with Crippen LogP contribution in [0.2, 0.25) is 0 Å². The average Bonchev–Trinajstić information content (AvgIpc) is 2.35. The summed E-state index contributed by atoms with van der Waals surface area (Å²) in [4.78, 5) is 22.2. The molecule has 1 aromatic heterocycles. The zero-order valence-electron chi connectivity index (χ0n) is 9.29. The first-order valence-corrected chi connectivity index (χ1v) is 5.83. The molecule has 5 heteroatoms. The molecule has 0 saturated heterocycles. The van der Waals surface area contributed by atoms with E-state index in [1.165, 1.54) is 6.07 Å². The summed E-state index contributed by atoms with van der Waals surface area (Å²) in [5.41, 5.74) is 0.0567. The quantitative estimate of drug-likeness (QED) is 0.658. The van der Waals surface area contributed by atoms with Crippen molar-refractivity contribution in [1.82, 2.24) is 0 Å². The number of carboxylic acids is 1. The van der Waals surface area contributed by atoms with Gasteiger partial charge in [0.1, 0.15) is 11.1 Å². The van der Waals surface area contributed by atoms with E-state index in [4.69, 9.17) is 9.52 Å². The Bertz CT molecular complexity index is 685. The molecule has 1 aromatic carbocycles. The minimum absolute atomic E-state index is 0.363. The van der Waals surface area contributed by atoms with E-state index in [2.05, 4.69) is 12.6 Å². The Morgan fingerprint density at radius 1 is 1.39 bits per heavy atom. The predicted octanol–water partition coefficient (Wildman–Crippen LogP) is 2.43. The van der Waals surface area contributed by atoms with Gasteiger partial charge in [0, 0.05) is 11.1 Å². The standard InChI is InChI=1S/C13H10O4S/c14-12(15)10-7-9-6-8(2-1-5-18)3-4-11(9)17-13(10)16/h1-4,6-7,18H,5H2,(H,14,15). The SMILES string of the molecule is O=C(O)c1cc2cc(C=CCS)ccc2oc1=O. The van der Waals surface area contributed by atoms with E-state index in [0.717, 1.165) is 5.56 Å². The maximum absolute atomic E-state index is 11.4. The highest BCUT2D eigenvalue weighted by Crippen LogP contribution is 2.16. The number of aromatic carboxylic acids is 1. The molecule has 0 atom stereocenters. The lowest BCUT2D eigenvalue weighted by Gasteiger charge is -2.00. The van der Waals surface area contributed by atoms with Crippen molar-refractivity contribution in [2.24, 2.45) is 0 Å². The first-order valence-electron chi connectivity index (χ1n) is 5.20. The first kappa shape index (κ1) is 12.4. The first-order chi connectivity index (χ1) is 8.61. The van der Waals surface area contributed by atoms with Gasteiger partial charge in [-0.2, -0.15) is 12.6 Å². The van der Waals surface area contributed by atoms with Crippen LogP contribution in [-0.2, 0) is 0 Å². The topological polar surface area (TPSA) is 67.5 Å². The Morgan fingerprint density at radius 3 is 2.83 bits per heavy atom. The van der Waals surface area contributed by atoms with E-state index >= 15 is 0 Å². The summed E-state index contributed by atoms with van der Waals surface area (Å²) in [6, 6.07) is 6.50. The number of fused-ring (bicyclic) bond motifs is 1. The van der Waals surface area contributed by atoms with Crippen molar-refractivity contribution in [3.63, 3.8) is 0 Å². The maximum atomic E-state index is 11.4. The molecule has 0 amide bonds. The van der Waals surface area contributed by atoms with Crippen LogP contribution < -0.4 is 5.63 Å². The molecule has 0 spiro atoms. The van der Waals surface area contributed by atoms with E-state index < -0.39 is 11.6 Å². The summed E-state index contributed by atoms with van der Waals surface area (Å²) >= 11 is 4.06. The van der Waals surface area contributed by atoms with E-state index in [0.29, 0.717) is 16.7 Å². The van der Waals surface area contributed by atoms with Gasteiger partial charge in [-0.3, -0.25) is 0 Å². The highest BCUT2D eigenvalue weighted by Gasteiger charge is 2.11. The lowest BCUT2D eigenvalue weighted by Crippen LogP contribution is -2.12. The van der Waals surface area contributed by atoms with Crippen molar-refractivity contribution in [1.29, 1.82) is 0 Å². The van der Waals surface area contributed by atoms with Crippen molar-refractivity contribution in [3.8, 4) is 0 Å². The third kappa shape index (κ3) is 2.46. The van der Waals surface area contributed by atoms with Gasteiger partial charge in [-0.1, -0.05) is 18.2 Å². The Hall–Kier alpha value is -2.01. The zero-order valence-corrected chi connectivity index (χ0v) is 10.2. The fourth-order valence-electron chi connectivity index (χ4n) is 1.58. The van der Waals surface area contributed by atoms with Gasteiger partial charge in [0.15, 0.2) is 0 Å². The Morgan fingerprint density at radius 2 is 2.17 bits per heavy atom. The molecule has 0 saturated carbocycles. The number of thiol groups is 1. The fourth-order valence-corrected chi connectivity index (χ4v) is 1.69. The maximum Gasteiger partial charge on any atom is 0.351 e. The van der Waals surface area contributed by atoms with Crippen molar-refractivity contribution < 1.29 is 14.3 Å². The molecule has 0 aliphatic carbocycles. The molecule has 0 fully saturated rings. The zero-order chi connectivity index (χ0) is 13.1. The van der Waals surface area contributed by atoms with Crippen molar-refractivity contribution in [2.45, 2.75) is 0 Å². The van der Waals surface area contributed by atoms with E-state index in [1.54, 1.807) is 18.2 Å². The smallest absolute Gasteiger partial charge is 0.351 e. The molecule has 1 N–H and O–H groups in total. The van der Waals surface area contributed by atoms with Gasteiger partial charge in [0.2, 0.25) is 0 Å². The Labute approximate surface area is 108 Å². The number of carbonyl (C=O) groups is 1. The van der Waals surface area contributed by atoms with Gasteiger partial charge in [-0.25, -0.2) is 9.59 Å². The van der Waals surface area contributed by atoms with Gasteiger partial charge in [0.25, 0.3) is 0 Å². The summed E-state index contributed by atoms with van der Waals surface area (Å²) in [5.74, 6) is -0.676. The highest BCUT2D eigenvalue weighted by atomic mass is 32.1. The molecular weight excluding hydrogens is 252 g/mol. The van der Waals surface area contributed by atoms with E-state index in [-0.39, 0.29) is 5.56 Å². The Kier molecular flexibility index (Phi) is 3.53. The van der Waals surface area contributed by atoms with E-state index in [9.17, 15) is 9.59 Å². The summed E-state index contributed by atoms with van der Waals surface area (Å²) in [6.45, 7) is 0. The lowest BCUT2D eigenvalue weighted by atomic mass is 10.1. The monoisotopic (exact) mass is 262 g/mol. The minimum atomic E-state index is -1.29. The van der Waals surface area contributed by atoms with Gasteiger partial charge in [0.05, 0.1) is 0 Å². The van der Waals surface area contributed by atoms with Crippen molar-refractivity contribution >= 4 is 35.6 Å². The molecule has 0 bridgehead atoms. The second-order valence-corrected chi connectivity index (χ2v) is 4.00. The van der Waals surface area contributed by atoms with Crippen molar-refractivity contribution in [3.05, 3.63) is 51.9 Å². The average molecular weight is 262 g/mol. The van der Waals surface area contributed by atoms with Crippen LogP contribution >= 0.6 is 12.6 Å². The highest BCUT2D eigenvalue weighted by molar-refractivity contribution is 7.80. The van der Waals surface area contributed by atoms with Gasteiger partial charge in [-0.05, 0) is 23.8 Å². The molecule has 4 nitrogen and oxygen atoms in total. The molecule has 0 radical (unpaired) electrons. The summed E-state index contributed by atoms with van der Waals surface area (Å²) in [7, 11) is 0. The predicted molar refractivity (Wildman–Crippen MR) is 72.3 cm³/mol. The second kappa shape index (κ2) is 5.10. The molecule has 0 unspecified atom stereocenters. The fraction of sp³-hybridized carbons (Fsp3) is 0.0769. The van der Waals surface area contributed by atoms with Crippen molar-refractivity contribution in [2.75, 3.05) is 5.75 Å². The molecule has 2 rings (SSSR count). The number of rotatable bonds is 3.